The lowest BCUT2D eigenvalue weighted by Crippen LogP contribution is -2.31. The Balaban J connectivity index is 1.76. The van der Waals surface area contributed by atoms with Crippen molar-refractivity contribution in [2.75, 3.05) is 13.2 Å². The van der Waals surface area contributed by atoms with E-state index in [1.54, 1.807) is 0 Å². The number of pyridine rings is 1. The fraction of sp³-hybridized carbons (Fsp3) is 0.545. The summed E-state index contributed by atoms with van der Waals surface area (Å²) in [5.74, 6) is 0. The van der Waals surface area contributed by atoms with Crippen molar-refractivity contribution in [3.63, 3.8) is 0 Å². The SMILES string of the molecule is Cc1cc([C@@H]2[C@H](c3ccccn3)NC(=S)N2CCCO)c(C)n1C1CCCC1. The minimum Gasteiger partial charge on any atom is -0.396 e. The second-order valence-electron chi connectivity index (χ2n) is 8.03. The normalized spacial score (nSPS) is 22.8. The predicted octanol–water partition coefficient (Wildman–Crippen LogP) is 3.97. The van der Waals surface area contributed by atoms with Gasteiger partial charge in [0.2, 0.25) is 0 Å². The summed E-state index contributed by atoms with van der Waals surface area (Å²) in [5, 5.41) is 13.6. The lowest BCUT2D eigenvalue weighted by Gasteiger charge is -2.28. The molecule has 3 heterocycles. The first-order valence-electron chi connectivity index (χ1n) is 10.4. The molecule has 1 saturated carbocycles. The lowest BCUT2D eigenvalue weighted by atomic mass is 9.96. The van der Waals surface area contributed by atoms with Crippen molar-refractivity contribution in [1.29, 1.82) is 0 Å². The third-order valence-electron chi connectivity index (χ3n) is 6.29. The fourth-order valence-electron chi connectivity index (χ4n) is 5.05. The molecule has 6 heteroatoms. The quantitative estimate of drug-likeness (QED) is 0.721. The first-order chi connectivity index (χ1) is 13.6. The Morgan fingerprint density at radius 2 is 2.04 bits per heavy atom. The standard InChI is InChI=1S/C22H30N4OS/c1-15-14-18(16(2)26(15)17-8-3-4-9-17)21-20(19-10-5-6-11-23-19)24-22(28)25(21)12-7-13-27/h5-6,10-11,14,17,20-21,27H,3-4,7-9,12-13H2,1-2H3,(H,24,28)/t20-,21+/m0/s1. The average Bonchev–Trinajstić information content (AvgIpc) is 3.39. The summed E-state index contributed by atoms with van der Waals surface area (Å²) < 4.78 is 2.55. The molecule has 0 unspecified atom stereocenters. The van der Waals surface area contributed by atoms with Crippen molar-refractivity contribution >= 4 is 17.3 Å². The highest BCUT2D eigenvalue weighted by molar-refractivity contribution is 7.80. The number of hydrogen-bond acceptors (Lipinski definition) is 3. The second-order valence-corrected chi connectivity index (χ2v) is 8.42. The molecule has 4 rings (SSSR count). The molecular formula is C22H30N4OS. The molecule has 2 aromatic rings. The van der Waals surface area contributed by atoms with E-state index in [4.69, 9.17) is 12.2 Å². The highest BCUT2D eigenvalue weighted by atomic mass is 32.1. The number of aliphatic hydroxyl groups excluding tert-OH is 1. The Kier molecular flexibility index (Phi) is 5.69. The van der Waals surface area contributed by atoms with Crippen LogP contribution >= 0.6 is 12.2 Å². The van der Waals surface area contributed by atoms with Crippen LogP contribution in [0.2, 0.25) is 0 Å². The van der Waals surface area contributed by atoms with Gasteiger partial charge in [0.1, 0.15) is 0 Å². The second kappa shape index (κ2) is 8.21. The number of thiocarbonyl (C=S) groups is 1. The Morgan fingerprint density at radius 3 is 2.71 bits per heavy atom. The molecular weight excluding hydrogens is 368 g/mol. The van der Waals surface area contributed by atoms with E-state index < -0.39 is 0 Å². The minimum atomic E-state index is 0.0184. The third-order valence-corrected chi connectivity index (χ3v) is 6.64. The maximum atomic E-state index is 9.39. The van der Waals surface area contributed by atoms with E-state index in [1.165, 1.54) is 42.6 Å². The molecule has 1 saturated heterocycles. The van der Waals surface area contributed by atoms with Crippen LogP contribution in [0, 0.1) is 13.8 Å². The Morgan fingerprint density at radius 1 is 1.25 bits per heavy atom. The first-order valence-corrected chi connectivity index (χ1v) is 10.8. The molecule has 0 radical (unpaired) electrons. The molecule has 2 aromatic heterocycles. The molecule has 0 spiro atoms. The number of aromatic nitrogens is 2. The zero-order valence-corrected chi connectivity index (χ0v) is 17.6. The van der Waals surface area contributed by atoms with Gasteiger partial charge < -0.3 is 19.9 Å². The van der Waals surface area contributed by atoms with Gasteiger partial charge in [-0.25, -0.2) is 0 Å². The molecule has 1 aliphatic heterocycles. The summed E-state index contributed by atoms with van der Waals surface area (Å²) >= 11 is 5.70. The largest absolute Gasteiger partial charge is 0.396 e. The van der Waals surface area contributed by atoms with Crippen molar-refractivity contribution in [3.05, 3.63) is 53.1 Å². The summed E-state index contributed by atoms with van der Waals surface area (Å²) in [6.07, 6.45) is 7.74. The Hall–Kier alpha value is -1.92. The van der Waals surface area contributed by atoms with Gasteiger partial charge in [0.25, 0.3) is 0 Å². The van der Waals surface area contributed by atoms with Crippen LogP contribution in [0.5, 0.6) is 0 Å². The topological polar surface area (TPSA) is 53.3 Å². The van der Waals surface area contributed by atoms with Gasteiger partial charge in [0.15, 0.2) is 5.11 Å². The highest BCUT2D eigenvalue weighted by Gasteiger charge is 2.41. The maximum Gasteiger partial charge on any atom is 0.170 e. The number of nitrogens with one attached hydrogen (secondary N) is 1. The molecule has 28 heavy (non-hydrogen) atoms. The van der Waals surface area contributed by atoms with Gasteiger partial charge in [-0.2, -0.15) is 0 Å². The van der Waals surface area contributed by atoms with Gasteiger partial charge in [-0.05, 0) is 69.1 Å². The van der Waals surface area contributed by atoms with E-state index in [-0.39, 0.29) is 18.7 Å². The Bertz CT molecular complexity index is 829. The number of nitrogens with zero attached hydrogens (tertiary/aromatic N) is 3. The van der Waals surface area contributed by atoms with Crippen LogP contribution in [0.15, 0.2) is 30.5 Å². The van der Waals surface area contributed by atoms with Crippen LogP contribution in [0.3, 0.4) is 0 Å². The van der Waals surface area contributed by atoms with E-state index in [2.05, 4.69) is 45.7 Å². The third kappa shape index (κ3) is 3.44. The summed E-state index contributed by atoms with van der Waals surface area (Å²) in [4.78, 5) is 6.86. The van der Waals surface area contributed by atoms with Gasteiger partial charge in [-0.1, -0.05) is 18.9 Å². The average molecular weight is 399 g/mol. The zero-order chi connectivity index (χ0) is 19.7. The Labute approximate surface area is 172 Å². The van der Waals surface area contributed by atoms with Crippen LogP contribution in [0.25, 0.3) is 0 Å². The van der Waals surface area contributed by atoms with Crippen LogP contribution in [0.1, 0.15) is 72.9 Å². The van der Waals surface area contributed by atoms with Crippen LogP contribution in [-0.2, 0) is 0 Å². The molecule has 150 valence electrons. The number of hydrogen-bond donors (Lipinski definition) is 2. The molecule has 0 aromatic carbocycles. The first kappa shape index (κ1) is 19.4. The molecule has 2 atom stereocenters. The van der Waals surface area contributed by atoms with Crippen molar-refractivity contribution < 1.29 is 5.11 Å². The molecule has 2 aliphatic rings. The summed E-state index contributed by atoms with van der Waals surface area (Å²) in [5.41, 5.74) is 5.01. The van der Waals surface area contributed by atoms with E-state index in [0.717, 1.165) is 17.4 Å². The fourth-order valence-corrected chi connectivity index (χ4v) is 5.38. The van der Waals surface area contributed by atoms with Gasteiger partial charge in [0, 0.05) is 36.8 Å². The van der Waals surface area contributed by atoms with Crippen molar-refractivity contribution in [3.8, 4) is 0 Å². The van der Waals surface area contributed by atoms with E-state index in [1.807, 2.05) is 18.3 Å². The summed E-state index contributed by atoms with van der Waals surface area (Å²) in [7, 11) is 0. The van der Waals surface area contributed by atoms with Gasteiger partial charge in [0.05, 0.1) is 17.8 Å². The van der Waals surface area contributed by atoms with Gasteiger partial charge >= 0.3 is 0 Å². The summed E-state index contributed by atoms with van der Waals surface area (Å²) in [6.45, 7) is 5.38. The smallest absolute Gasteiger partial charge is 0.170 e. The number of rotatable bonds is 6. The molecule has 5 nitrogen and oxygen atoms in total. The molecule has 0 bridgehead atoms. The van der Waals surface area contributed by atoms with E-state index in [9.17, 15) is 5.11 Å². The highest BCUT2D eigenvalue weighted by Crippen LogP contribution is 2.42. The van der Waals surface area contributed by atoms with Crippen molar-refractivity contribution in [2.24, 2.45) is 0 Å². The van der Waals surface area contributed by atoms with E-state index in [0.29, 0.717) is 12.5 Å². The monoisotopic (exact) mass is 398 g/mol. The zero-order valence-electron chi connectivity index (χ0n) is 16.8. The van der Waals surface area contributed by atoms with Crippen molar-refractivity contribution in [1.82, 2.24) is 19.8 Å². The summed E-state index contributed by atoms with van der Waals surface area (Å²) in [6, 6.07) is 9.12. The van der Waals surface area contributed by atoms with E-state index >= 15 is 0 Å². The molecule has 0 amide bonds. The number of aliphatic hydroxyl groups is 1. The van der Waals surface area contributed by atoms with Crippen molar-refractivity contribution in [2.45, 2.75) is 64.1 Å². The van der Waals surface area contributed by atoms with Crippen LogP contribution < -0.4 is 5.32 Å². The molecule has 2 fully saturated rings. The molecule has 2 N–H and O–H groups in total. The van der Waals surface area contributed by atoms with Gasteiger partial charge in [-0.15, -0.1) is 0 Å². The van der Waals surface area contributed by atoms with Crippen LogP contribution in [0.4, 0.5) is 0 Å². The maximum absolute atomic E-state index is 9.39. The number of aryl methyl sites for hydroxylation is 1. The van der Waals surface area contributed by atoms with Gasteiger partial charge in [-0.3, -0.25) is 4.98 Å². The lowest BCUT2D eigenvalue weighted by molar-refractivity contribution is 0.247. The molecule has 1 aliphatic carbocycles. The van der Waals surface area contributed by atoms with Crippen LogP contribution in [-0.4, -0.2) is 37.8 Å². The minimum absolute atomic E-state index is 0.0184. The predicted molar refractivity (Wildman–Crippen MR) is 115 cm³/mol.